The summed E-state index contributed by atoms with van der Waals surface area (Å²) in [6.45, 7) is 5.92. The molecule has 6 heteroatoms. The molecule has 2 aromatic rings. The molecule has 1 amide bonds. The number of thioether (sulfide) groups is 1. The molecule has 3 rings (SSSR count). The molecule has 122 valence electrons. The fourth-order valence-electron chi connectivity index (χ4n) is 2.44. The number of carbonyl (C=O) groups is 1. The molecule has 0 unspecified atom stereocenters. The van der Waals surface area contributed by atoms with E-state index in [1.54, 1.807) is 0 Å². The lowest BCUT2D eigenvalue weighted by molar-refractivity contribution is -0.115. The first-order valence-electron chi connectivity index (χ1n) is 7.89. The molecule has 1 fully saturated rings. The van der Waals surface area contributed by atoms with Crippen LogP contribution in [0.1, 0.15) is 42.6 Å². The second-order valence-corrected chi connectivity index (χ2v) is 7.55. The van der Waals surface area contributed by atoms with Gasteiger partial charge in [-0.15, -0.1) is 10.2 Å². The Bertz CT molecular complexity index is 736. The van der Waals surface area contributed by atoms with Crippen molar-refractivity contribution in [2.24, 2.45) is 7.05 Å². The highest BCUT2D eigenvalue weighted by atomic mass is 32.2. The summed E-state index contributed by atoms with van der Waals surface area (Å²) in [5, 5.41) is 12.1. The first-order chi connectivity index (χ1) is 11.0. The van der Waals surface area contributed by atoms with Gasteiger partial charge in [-0.2, -0.15) is 0 Å². The third kappa shape index (κ3) is 3.58. The number of nitrogens with zero attached hydrogens (tertiary/aromatic N) is 3. The maximum Gasteiger partial charge on any atom is 0.237 e. The Labute approximate surface area is 140 Å². The van der Waals surface area contributed by atoms with Gasteiger partial charge in [0, 0.05) is 18.7 Å². The van der Waals surface area contributed by atoms with E-state index in [1.807, 2.05) is 50.6 Å². The van der Waals surface area contributed by atoms with Crippen LogP contribution < -0.4 is 5.32 Å². The number of amides is 1. The van der Waals surface area contributed by atoms with Gasteiger partial charge in [0.15, 0.2) is 5.16 Å². The molecule has 1 aromatic carbocycles. The Morgan fingerprint density at radius 2 is 2.09 bits per heavy atom. The van der Waals surface area contributed by atoms with Gasteiger partial charge in [-0.25, -0.2) is 0 Å². The summed E-state index contributed by atoms with van der Waals surface area (Å²) in [5.74, 6) is 1.58. The molecule has 1 saturated carbocycles. The number of nitrogens with one attached hydrogen (secondary N) is 1. The largest absolute Gasteiger partial charge is 0.325 e. The van der Waals surface area contributed by atoms with Crippen LogP contribution in [0, 0.1) is 13.8 Å². The molecule has 0 saturated heterocycles. The third-order valence-corrected chi connectivity index (χ3v) is 5.25. The molecule has 5 nitrogen and oxygen atoms in total. The lowest BCUT2D eigenvalue weighted by Crippen LogP contribution is -2.23. The van der Waals surface area contributed by atoms with Crippen LogP contribution in [0.25, 0.3) is 0 Å². The average Bonchev–Trinajstić information content (AvgIpc) is 3.29. The zero-order valence-corrected chi connectivity index (χ0v) is 14.8. The Morgan fingerprint density at radius 3 is 2.78 bits per heavy atom. The summed E-state index contributed by atoms with van der Waals surface area (Å²) >= 11 is 1.45. The van der Waals surface area contributed by atoms with E-state index in [9.17, 15) is 4.79 Å². The first-order valence-corrected chi connectivity index (χ1v) is 8.77. The summed E-state index contributed by atoms with van der Waals surface area (Å²) < 4.78 is 2.02. The third-order valence-electron chi connectivity index (χ3n) is 4.11. The molecule has 23 heavy (non-hydrogen) atoms. The van der Waals surface area contributed by atoms with Crippen molar-refractivity contribution in [1.82, 2.24) is 14.8 Å². The highest BCUT2D eigenvalue weighted by Gasteiger charge is 2.30. The average molecular weight is 330 g/mol. The summed E-state index contributed by atoms with van der Waals surface area (Å²) in [6.07, 6.45) is 2.39. The number of hydrogen-bond acceptors (Lipinski definition) is 4. The van der Waals surface area contributed by atoms with E-state index in [0.29, 0.717) is 5.92 Å². The van der Waals surface area contributed by atoms with Gasteiger partial charge in [-0.1, -0.05) is 23.9 Å². The zero-order chi connectivity index (χ0) is 16.6. The Morgan fingerprint density at radius 1 is 1.35 bits per heavy atom. The summed E-state index contributed by atoms with van der Waals surface area (Å²) in [4.78, 5) is 12.5. The van der Waals surface area contributed by atoms with Gasteiger partial charge in [0.2, 0.25) is 5.91 Å². The second kappa shape index (κ2) is 6.35. The number of hydrogen-bond donors (Lipinski definition) is 1. The van der Waals surface area contributed by atoms with Crippen LogP contribution >= 0.6 is 11.8 Å². The minimum absolute atomic E-state index is 0.0142. The van der Waals surface area contributed by atoms with Crippen LogP contribution in [0.15, 0.2) is 23.4 Å². The first kappa shape index (κ1) is 16.1. The van der Waals surface area contributed by atoms with Gasteiger partial charge in [0.05, 0.1) is 5.25 Å². The number of benzene rings is 1. The lowest BCUT2D eigenvalue weighted by atomic mass is 10.1. The van der Waals surface area contributed by atoms with E-state index >= 15 is 0 Å². The second-order valence-electron chi connectivity index (χ2n) is 6.24. The number of anilines is 1. The van der Waals surface area contributed by atoms with E-state index in [-0.39, 0.29) is 11.2 Å². The van der Waals surface area contributed by atoms with Crippen molar-refractivity contribution < 1.29 is 4.79 Å². The van der Waals surface area contributed by atoms with Gasteiger partial charge in [-0.3, -0.25) is 4.79 Å². The van der Waals surface area contributed by atoms with Crippen LogP contribution in [0.2, 0.25) is 0 Å². The normalized spacial score (nSPS) is 15.5. The van der Waals surface area contributed by atoms with Crippen molar-refractivity contribution in [1.29, 1.82) is 0 Å². The van der Waals surface area contributed by atoms with Gasteiger partial charge >= 0.3 is 0 Å². The molecule has 1 aliphatic carbocycles. The standard InChI is InChI=1S/C17H22N4OS/c1-10-5-6-11(2)14(9-10)18-16(22)12(3)23-17-20-19-15(21(17)4)13-7-8-13/h5-6,9,12-13H,7-8H2,1-4H3,(H,18,22)/t12-/m1/s1. The van der Waals surface area contributed by atoms with Gasteiger partial charge < -0.3 is 9.88 Å². The quantitative estimate of drug-likeness (QED) is 0.853. The predicted molar refractivity (Wildman–Crippen MR) is 92.8 cm³/mol. The Balaban J connectivity index is 1.66. The Hall–Kier alpha value is -1.82. The number of aromatic nitrogens is 3. The van der Waals surface area contributed by atoms with E-state index in [1.165, 1.54) is 24.6 Å². The van der Waals surface area contributed by atoms with Gasteiger partial charge in [0.1, 0.15) is 5.82 Å². The minimum Gasteiger partial charge on any atom is -0.325 e. The molecule has 1 heterocycles. The van der Waals surface area contributed by atoms with Crippen LogP contribution in [0.3, 0.4) is 0 Å². The molecule has 1 atom stereocenters. The maximum absolute atomic E-state index is 12.5. The van der Waals surface area contributed by atoms with Gasteiger partial charge in [0.25, 0.3) is 0 Å². The number of rotatable bonds is 5. The summed E-state index contributed by atoms with van der Waals surface area (Å²) in [5.41, 5.74) is 3.07. The molecule has 1 aromatic heterocycles. The van der Waals surface area contributed by atoms with Crippen LogP contribution in [0.4, 0.5) is 5.69 Å². The SMILES string of the molecule is Cc1ccc(C)c(NC(=O)[C@@H](C)Sc2nnc(C3CC3)n2C)c1. The topological polar surface area (TPSA) is 59.8 Å². The molecule has 1 N–H and O–H groups in total. The van der Waals surface area contributed by atoms with Crippen molar-refractivity contribution in [2.75, 3.05) is 5.32 Å². The molecule has 0 spiro atoms. The monoisotopic (exact) mass is 330 g/mol. The highest BCUT2D eigenvalue weighted by Crippen LogP contribution is 2.39. The molecule has 0 aliphatic heterocycles. The van der Waals surface area contributed by atoms with Crippen molar-refractivity contribution in [3.63, 3.8) is 0 Å². The molecule has 0 radical (unpaired) electrons. The molecule has 0 bridgehead atoms. The van der Waals surface area contributed by atoms with Crippen LogP contribution in [-0.4, -0.2) is 25.9 Å². The smallest absolute Gasteiger partial charge is 0.237 e. The van der Waals surface area contributed by atoms with E-state index in [0.717, 1.165) is 27.8 Å². The number of carbonyl (C=O) groups excluding carboxylic acids is 1. The van der Waals surface area contributed by atoms with Crippen molar-refractivity contribution in [3.8, 4) is 0 Å². The highest BCUT2D eigenvalue weighted by molar-refractivity contribution is 8.00. The van der Waals surface area contributed by atoms with Gasteiger partial charge in [-0.05, 0) is 50.8 Å². The number of aryl methyl sites for hydroxylation is 2. The fourth-order valence-corrected chi connectivity index (χ4v) is 3.26. The van der Waals surface area contributed by atoms with E-state index in [2.05, 4.69) is 15.5 Å². The lowest BCUT2D eigenvalue weighted by Gasteiger charge is -2.13. The summed E-state index contributed by atoms with van der Waals surface area (Å²) in [6, 6.07) is 6.06. The minimum atomic E-state index is -0.232. The van der Waals surface area contributed by atoms with Crippen molar-refractivity contribution >= 4 is 23.4 Å². The van der Waals surface area contributed by atoms with E-state index in [4.69, 9.17) is 0 Å². The molecular formula is C17H22N4OS. The van der Waals surface area contributed by atoms with Crippen LogP contribution in [-0.2, 0) is 11.8 Å². The maximum atomic E-state index is 12.5. The zero-order valence-electron chi connectivity index (χ0n) is 14.0. The molecular weight excluding hydrogens is 308 g/mol. The predicted octanol–water partition coefficient (Wildman–Crippen LogP) is 3.43. The summed E-state index contributed by atoms with van der Waals surface area (Å²) in [7, 11) is 1.98. The van der Waals surface area contributed by atoms with Crippen LogP contribution in [0.5, 0.6) is 0 Å². The van der Waals surface area contributed by atoms with E-state index < -0.39 is 0 Å². The molecule has 1 aliphatic rings. The van der Waals surface area contributed by atoms with Crippen molar-refractivity contribution in [3.05, 3.63) is 35.2 Å². The fraction of sp³-hybridized carbons (Fsp3) is 0.471. The van der Waals surface area contributed by atoms with Crippen molar-refractivity contribution in [2.45, 2.75) is 49.9 Å². The Kier molecular flexibility index (Phi) is 4.43.